The molecule has 1 N–H and O–H groups in total. The summed E-state index contributed by atoms with van der Waals surface area (Å²) in [7, 11) is 0. The van der Waals surface area contributed by atoms with Crippen LogP contribution in [0.4, 0.5) is 8.78 Å². The Morgan fingerprint density at radius 2 is 1.69 bits per heavy atom. The summed E-state index contributed by atoms with van der Waals surface area (Å²) in [6.45, 7) is 0.900. The summed E-state index contributed by atoms with van der Waals surface area (Å²) in [6.07, 6.45) is 4.86. The van der Waals surface area contributed by atoms with Gasteiger partial charge in [0.2, 0.25) is 0 Å². The number of rotatable bonds is 4. The van der Waals surface area contributed by atoms with Crippen molar-refractivity contribution in [1.82, 2.24) is 4.90 Å². The number of benzene rings is 2. The summed E-state index contributed by atoms with van der Waals surface area (Å²) in [5.41, 5.74) is 0.782. The minimum absolute atomic E-state index is 0.255. The van der Waals surface area contributed by atoms with Gasteiger partial charge in [-0.25, -0.2) is 8.78 Å². The lowest BCUT2D eigenvalue weighted by molar-refractivity contribution is -0.0949. The number of fused-ring (bicyclic) bond motifs is 2. The molecule has 2 saturated heterocycles. The first kappa shape index (κ1) is 17.6. The Hall–Kier alpha value is -1.78. The Balaban J connectivity index is 1.51. The molecule has 4 rings (SSSR count). The van der Waals surface area contributed by atoms with Gasteiger partial charge in [-0.3, -0.25) is 4.90 Å². The molecule has 26 heavy (non-hydrogen) atoms. The van der Waals surface area contributed by atoms with E-state index in [1.54, 1.807) is 0 Å². The van der Waals surface area contributed by atoms with Gasteiger partial charge in [-0.1, -0.05) is 42.8 Å². The molecule has 2 aliphatic rings. The summed E-state index contributed by atoms with van der Waals surface area (Å²) in [6, 6.07) is 14.7. The van der Waals surface area contributed by atoms with Crippen molar-refractivity contribution >= 4 is 0 Å². The van der Waals surface area contributed by atoms with E-state index >= 15 is 0 Å². The highest BCUT2D eigenvalue weighted by atomic mass is 19.1. The average Bonchev–Trinajstić information content (AvgIpc) is 2.60. The Bertz CT molecular complexity index is 750. The maximum Gasteiger partial charge on any atom is 0.129 e. The number of hydrogen-bond donors (Lipinski definition) is 1. The van der Waals surface area contributed by atoms with Gasteiger partial charge < -0.3 is 5.11 Å². The van der Waals surface area contributed by atoms with Crippen molar-refractivity contribution in [2.75, 3.05) is 0 Å². The molecule has 138 valence electrons. The van der Waals surface area contributed by atoms with Gasteiger partial charge in [-0.05, 0) is 42.9 Å². The van der Waals surface area contributed by atoms with Gasteiger partial charge >= 0.3 is 0 Å². The maximum absolute atomic E-state index is 14.1. The van der Waals surface area contributed by atoms with E-state index in [4.69, 9.17) is 0 Å². The molecule has 2 aliphatic heterocycles. The molecule has 0 spiro atoms. The number of halogens is 2. The van der Waals surface area contributed by atoms with Gasteiger partial charge in [0.1, 0.15) is 11.6 Å². The van der Waals surface area contributed by atoms with E-state index in [9.17, 15) is 13.9 Å². The van der Waals surface area contributed by atoms with E-state index in [-0.39, 0.29) is 6.42 Å². The molecule has 2 unspecified atom stereocenters. The van der Waals surface area contributed by atoms with Crippen LogP contribution in [-0.2, 0) is 13.0 Å². The minimum Gasteiger partial charge on any atom is -0.389 e. The van der Waals surface area contributed by atoms with Crippen molar-refractivity contribution in [3.63, 3.8) is 0 Å². The molecule has 0 aliphatic carbocycles. The van der Waals surface area contributed by atoms with Crippen LogP contribution in [0.1, 0.15) is 43.2 Å². The third-order valence-electron chi connectivity index (χ3n) is 5.99. The molecule has 2 heterocycles. The fourth-order valence-corrected chi connectivity index (χ4v) is 4.83. The molecule has 0 radical (unpaired) electrons. The number of nitrogens with zero attached hydrogens (tertiary/aromatic N) is 1. The van der Waals surface area contributed by atoms with E-state index in [1.165, 1.54) is 24.1 Å². The first-order valence-electron chi connectivity index (χ1n) is 9.48. The lowest BCUT2D eigenvalue weighted by atomic mass is 9.73. The zero-order valence-electron chi connectivity index (χ0n) is 14.9. The van der Waals surface area contributed by atoms with Crippen molar-refractivity contribution < 1.29 is 13.9 Å². The summed E-state index contributed by atoms with van der Waals surface area (Å²) in [5, 5.41) is 11.2. The fraction of sp³-hybridized carbons (Fsp3) is 0.455. The molecule has 2 nitrogen and oxygen atoms in total. The number of aliphatic hydroxyl groups is 1. The Kier molecular flexibility index (Phi) is 4.80. The predicted octanol–water partition coefficient (Wildman–Crippen LogP) is 4.46. The summed E-state index contributed by atoms with van der Waals surface area (Å²) in [5.74, 6) is -1.14. The number of hydrogen-bond acceptors (Lipinski definition) is 2. The summed E-state index contributed by atoms with van der Waals surface area (Å²) < 4.78 is 27.2. The lowest BCUT2D eigenvalue weighted by Gasteiger charge is -2.52. The molecule has 0 aromatic heterocycles. The first-order chi connectivity index (χ1) is 12.5. The van der Waals surface area contributed by atoms with Gasteiger partial charge in [-0.15, -0.1) is 0 Å². The molecule has 2 aromatic carbocycles. The van der Waals surface area contributed by atoms with Crippen LogP contribution < -0.4 is 0 Å². The zero-order valence-corrected chi connectivity index (χ0v) is 14.9. The topological polar surface area (TPSA) is 23.5 Å². The van der Waals surface area contributed by atoms with E-state index in [1.807, 2.05) is 6.07 Å². The van der Waals surface area contributed by atoms with Crippen LogP contribution >= 0.6 is 0 Å². The van der Waals surface area contributed by atoms with E-state index in [2.05, 4.69) is 29.2 Å². The monoisotopic (exact) mass is 357 g/mol. The van der Waals surface area contributed by atoms with Crippen LogP contribution in [-0.4, -0.2) is 27.7 Å². The average molecular weight is 357 g/mol. The summed E-state index contributed by atoms with van der Waals surface area (Å²) >= 11 is 0. The molecule has 2 bridgehead atoms. The third-order valence-corrected chi connectivity index (χ3v) is 5.99. The van der Waals surface area contributed by atoms with Crippen molar-refractivity contribution in [1.29, 1.82) is 0 Å². The van der Waals surface area contributed by atoms with Crippen LogP contribution in [0.25, 0.3) is 0 Å². The second-order valence-electron chi connectivity index (χ2n) is 7.94. The Morgan fingerprint density at radius 3 is 2.35 bits per heavy atom. The number of piperidine rings is 2. The zero-order chi connectivity index (χ0) is 18.1. The van der Waals surface area contributed by atoms with Gasteiger partial charge in [0.25, 0.3) is 0 Å². The van der Waals surface area contributed by atoms with Gasteiger partial charge in [-0.2, -0.15) is 0 Å². The normalized spacial score (nSPS) is 28.9. The molecule has 0 amide bonds. The standard InChI is InChI=1S/C22H25F2NO/c23-18-10-9-17(21(24)11-18)12-22(26)13-19-7-4-8-20(14-22)25(19)15-16-5-2-1-3-6-16/h1-3,5-6,9-11,19-20,26H,4,7-8,12-15H2. The molecule has 2 aromatic rings. The Morgan fingerprint density at radius 1 is 1.00 bits per heavy atom. The van der Waals surface area contributed by atoms with Gasteiger partial charge in [0.05, 0.1) is 5.60 Å². The maximum atomic E-state index is 14.1. The molecule has 4 heteroatoms. The molecule has 0 saturated carbocycles. The highest BCUT2D eigenvalue weighted by Crippen LogP contribution is 2.41. The van der Waals surface area contributed by atoms with Crippen molar-refractivity contribution in [2.45, 2.75) is 62.8 Å². The van der Waals surface area contributed by atoms with Crippen molar-refractivity contribution in [3.8, 4) is 0 Å². The molecule has 2 fully saturated rings. The Labute approximate surface area is 153 Å². The largest absolute Gasteiger partial charge is 0.389 e. The second kappa shape index (κ2) is 7.09. The highest BCUT2D eigenvalue weighted by molar-refractivity contribution is 5.22. The van der Waals surface area contributed by atoms with E-state index < -0.39 is 17.2 Å². The first-order valence-corrected chi connectivity index (χ1v) is 9.48. The van der Waals surface area contributed by atoms with Crippen LogP contribution in [0, 0.1) is 11.6 Å². The third kappa shape index (κ3) is 3.67. The van der Waals surface area contributed by atoms with Crippen LogP contribution in [0.5, 0.6) is 0 Å². The van der Waals surface area contributed by atoms with Gasteiger partial charge in [0.15, 0.2) is 0 Å². The van der Waals surface area contributed by atoms with Gasteiger partial charge in [0, 0.05) is 31.1 Å². The predicted molar refractivity (Wildman–Crippen MR) is 97.7 cm³/mol. The lowest BCUT2D eigenvalue weighted by Crippen LogP contribution is -2.58. The minimum atomic E-state index is -0.915. The summed E-state index contributed by atoms with van der Waals surface area (Å²) in [4.78, 5) is 2.52. The van der Waals surface area contributed by atoms with Crippen LogP contribution in [0.15, 0.2) is 48.5 Å². The van der Waals surface area contributed by atoms with Crippen LogP contribution in [0.3, 0.4) is 0 Å². The smallest absolute Gasteiger partial charge is 0.129 e. The molecular formula is C22H25F2NO. The van der Waals surface area contributed by atoms with E-state index in [0.717, 1.165) is 25.5 Å². The fourth-order valence-electron chi connectivity index (χ4n) is 4.83. The molecular weight excluding hydrogens is 332 g/mol. The van der Waals surface area contributed by atoms with Crippen molar-refractivity contribution in [3.05, 3.63) is 71.3 Å². The van der Waals surface area contributed by atoms with E-state index in [0.29, 0.717) is 30.5 Å². The van der Waals surface area contributed by atoms with Crippen LogP contribution in [0.2, 0.25) is 0 Å². The molecule has 2 atom stereocenters. The second-order valence-corrected chi connectivity index (χ2v) is 7.94. The van der Waals surface area contributed by atoms with Crippen molar-refractivity contribution in [2.24, 2.45) is 0 Å². The highest BCUT2D eigenvalue weighted by Gasteiger charge is 2.45. The quantitative estimate of drug-likeness (QED) is 0.874. The SMILES string of the molecule is OC1(Cc2ccc(F)cc2F)CC2CCCC(C1)N2Cc1ccccc1.